The topological polar surface area (TPSA) is 65.8 Å². The summed E-state index contributed by atoms with van der Waals surface area (Å²) in [6.45, 7) is 8.50. The molecule has 1 aliphatic heterocycles. The molecule has 170 valence electrons. The second-order valence-electron chi connectivity index (χ2n) is 7.71. The standard InChI is InChI=1S/C26H27N3O4/c1-5-14-31-23-9-7-6-8-20(23)16-29(21-10-12-24-25(15-21)33-17-32-24)26(30)13-11-22-18(2)27-28(4)19(22)3/h5-13,15H,1,14,16-17H2,2-4H3/b13-11+. The highest BCUT2D eigenvalue weighted by Gasteiger charge is 2.21. The van der Waals surface area contributed by atoms with Crippen LogP contribution in [0.2, 0.25) is 0 Å². The van der Waals surface area contributed by atoms with Crippen molar-refractivity contribution in [2.75, 3.05) is 18.3 Å². The summed E-state index contributed by atoms with van der Waals surface area (Å²) >= 11 is 0. The maximum absolute atomic E-state index is 13.5. The Morgan fingerprint density at radius 3 is 2.76 bits per heavy atom. The summed E-state index contributed by atoms with van der Waals surface area (Å²) in [5.74, 6) is 1.82. The van der Waals surface area contributed by atoms with E-state index in [1.165, 1.54) is 0 Å². The molecule has 0 radical (unpaired) electrons. The number of amides is 1. The SMILES string of the molecule is C=CCOc1ccccc1CN(C(=O)/C=C/c1c(C)nn(C)c1C)c1ccc2c(c1)OCO2. The predicted octanol–water partition coefficient (Wildman–Crippen LogP) is 4.58. The Labute approximate surface area is 193 Å². The molecule has 0 saturated heterocycles. The Bertz CT molecular complexity index is 1210. The normalized spacial score (nSPS) is 12.2. The van der Waals surface area contributed by atoms with Gasteiger partial charge in [0.05, 0.1) is 12.2 Å². The minimum Gasteiger partial charge on any atom is -0.489 e. The van der Waals surface area contributed by atoms with E-state index in [2.05, 4.69) is 11.7 Å². The van der Waals surface area contributed by atoms with Crippen LogP contribution in [0, 0.1) is 13.8 Å². The number of benzene rings is 2. The molecule has 0 unspecified atom stereocenters. The number of aromatic nitrogens is 2. The number of para-hydroxylation sites is 1. The first-order valence-electron chi connectivity index (χ1n) is 10.7. The van der Waals surface area contributed by atoms with Crippen molar-refractivity contribution < 1.29 is 19.0 Å². The van der Waals surface area contributed by atoms with Crippen LogP contribution in [0.25, 0.3) is 6.08 Å². The molecular weight excluding hydrogens is 418 g/mol. The van der Waals surface area contributed by atoms with Crippen LogP contribution in [0.1, 0.15) is 22.5 Å². The summed E-state index contributed by atoms with van der Waals surface area (Å²) in [5, 5.41) is 4.42. The summed E-state index contributed by atoms with van der Waals surface area (Å²) in [6.07, 6.45) is 5.09. The lowest BCUT2D eigenvalue weighted by Crippen LogP contribution is -2.29. The van der Waals surface area contributed by atoms with Crippen molar-refractivity contribution in [2.45, 2.75) is 20.4 Å². The summed E-state index contributed by atoms with van der Waals surface area (Å²) in [4.78, 5) is 15.1. The van der Waals surface area contributed by atoms with Gasteiger partial charge in [0.1, 0.15) is 12.4 Å². The molecular formula is C26H27N3O4. The van der Waals surface area contributed by atoms with Crippen LogP contribution in [0.3, 0.4) is 0 Å². The molecule has 3 aromatic rings. The highest BCUT2D eigenvalue weighted by molar-refractivity contribution is 6.04. The Hall–Kier alpha value is -4.00. The van der Waals surface area contributed by atoms with Gasteiger partial charge in [-0.15, -0.1) is 0 Å². The quantitative estimate of drug-likeness (QED) is 0.375. The van der Waals surface area contributed by atoms with Gasteiger partial charge < -0.3 is 19.1 Å². The number of ether oxygens (including phenoxy) is 3. The zero-order chi connectivity index (χ0) is 23.4. The fraction of sp³-hybridized carbons (Fsp3) is 0.231. The molecule has 2 aromatic carbocycles. The maximum atomic E-state index is 13.5. The minimum absolute atomic E-state index is 0.171. The van der Waals surface area contributed by atoms with Crippen LogP contribution in [-0.4, -0.2) is 29.1 Å². The van der Waals surface area contributed by atoms with E-state index in [4.69, 9.17) is 14.2 Å². The van der Waals surface area contributed by atoms with Gasteiger partial charge in [-0.05, 0) is 38.1 Å². The fourth-order valence-corrected chi connectivity index (χ4v) is 3.72. The highest BCUT2D eigenvalue weighted by atomic mass is 16.7. The number of nitrogens with zero attached hydrogens (tertiary/aromatic N) is 3. The number of hydrogen-bond donors (Lipinski definition) is 0. The lowest BCUT2D eigenvalue weighted by atomic mass is 10.1. The van der Waals surface area contributed by atoms with Gasteiger partial charge in [0.2, 0.25) is 6.79 Å². The van der Waals surface area contributed by atoms with E-state index in [-0.39, 0.29) is 12.7 Å². The lowest BCUT2D eigenvalue weighted by Gasteiger charge is -2.23. The van der Waals surface area contributed by atoms with Crippen molar-refractivity contribution in [1.29, 1.82) is 0 Å². The average molecular weight is 446 g/mol. The molecule has 0 aliphatic carbocycles. The minimum atomic E-state index is -0.171. The van der Waals surface area contributed by atoms with Crippen LogP contribution >= 0.6 is 0 Å². The Kier molecular flexibility index (Phi) is 6.49. The molecule has 0 atom stereocenters. The molecule has 33 heavy (non-hydrogen) atoms. The van der Waals surface area contributed by atoms with Crippen LogP contribution in [0.5, 0.6) is 17.2 Å². The molecule has 7 nitrogen and oxygen atoms in total. The summed E-state index contributed by atoms with van der Waals surface area (Å²) in [5.41, 5.74) is 4.39. The van der Waals surface area contributed by atoms with Crippen molar-refractivity contribution in [3.05, 3.63) is 83.7 Å². The molecule has 7 heteroatoms. The number of hydrogen-bond acceptors (Lipinski definition) is 5. The fourth-order valence-electron chi connectivity index (χ4n) is 3.72. The first kappa shape index (κ1) is 22.2. The molecule has 0 spiro atoms. The van der Waals surface area contributed by atoms with Gasteiger partial charge in [0.25, 0.3) is 5.91 Å². The van der Waals surface area contributed by atoms with Gasteiger partial charge in [0.15, 0.2) is 11.5 Å². The molecule has 0 N–H and O–H groups in total. The smallest absolute Gasteiger partial charge is 0.251 e. The number of fused-ring (bicyclic) bond motifs is 1. The zero-order valence-corrected chi connectivity index (χ0v) is 19.1. The third-order valence-electron chi connectivity index (χ3n) is 5.55. The summed E-state index contributed by atoms with van der Waals surface area (Å²) in [7, 11) is 1.89. The van der Waals surface area contributed by atoms with Crippen molar-refractivity contribution in [3.8, 4) is 17.2 Å². The van der Waals surface area contributed by atoms with E-state index in [9.17, 15) is 4.79 Å². The van der Waals surface area contributed by atoms with E-state index in [0.29, 0.717) is 36.1 Å². The maximum Gasteiger partial charge on any atom is 0.251 e. The van der Waals surface area contributed by atoms with E-state index < -0.39 is 0 Å². The van der Waals surface area contributed by atoms with E-state index in [1.807, 2.05) is 74.1 Å². The van der Waals surface area contributed by atoms with E-state index in [0.717, 1.165) is 22.5 Å². The summed E-state index contributed by atoms with van der Waals surface area (Å²) < 4.78 is 18.6. The number of carbonyl (C=O) groups excluding carboxylic acids is 1. The first-order valence-corrected chi connectivity index (χ1v) is 10.7. The lowest BCUT2D eigenvalue weighted by molar-refractivity contribution is -0.114. The number of aryl methyl sites for hydroxylation is 2. The number of rotatable bonds is 8. The van der Waals surface area contributed by atoms with Crippen LogP contribution in [-0.2, 0) is 18.4 Å². The molecule has 4 rings (SSSR count). The van der Waals surface area contributed by atoms with E-state index in [1.54, 1.807) is 17.1 Å². The third kappa shape index (κ3) is 4.77. The van der Waals surface area contributed by atoms with Crippen molar-refractivity contribution in [1.82, 2.24) is 9.78 Å². The van der Waals surface area contributed by atoms with Crippen molar-refractivity contribution in [3.63, 3.8) is 0 Å². The van der Waals surface area contributed by atoms with Gasteiger partial charge in [-0.2, -0.15) is 5.10 Å². The zero-order valence-electron chi connectivity index (χ0n) is 19.1. The molecule has 2 heterocycles. The average Bonchev–Trinajstić information content (AvgIpc) is 3.38. The van der Waals surface area contributed by atoms with Gasteiger partial charge in [-0.3, -0.25) is 9.48 Å². The molecule has 0 fully saturated rings. The third-order valence-corrected chi connectivity index (χ3v) is 5.55. The molecule has 0 saturated carbocycles. The second kappa shape index (κ2) is 9.65. The Balaban J connectivity index is 1.68. The van der Waals surface area contributed by atoms with Crippen molar-refractivity contribution in [2.24, 2.45) is 7.05 Å². The monoisotopic (exact) mass is 445 g/mol. The number of carbonyl (C=O) groups is 1. The second-order valence-corrected chi connectivity index (χ2v) is 7.71. The number of anilines is 1. The van der Waals surface area contributed by atoms with Crippen LogP contribution in [0.4, 0.5) is 5.69 Å². The largest absolute Gasteiger partial charge is 0.489 e. The van der Waals surface area contributed by atoms with Gasteiger partial charge in [-0.25, -0.2) is 0 Å². The van der Waals surface area contributed by atoms with Crippen LogP contribution < -0.4 is 19.1 Å². The molecule has 1 aliphatic rings. The Morgan fingerprint density at radius 1 is 1.21 bits per heavy atom. The highest BCUT2D eigenvalue weighted by Crippen LogP contribution is 2.36. The predicted molar refractivity (Wildman–Crippen MR) is 128 cm³/mol. The Morgan fingerprint density at radius 2 is 2.00 bits per heavy atom. The molecule has 1 aromatic heterocycles. The van der Waals surface area contributed by atoms with Crippen molar-refractivity contribution >= 4 is 17.7 Å². The first-order chi connectivity index (χ1) is 16.0. The van der Waals surface area contributed by atoms with Gasteiger partial charge in [-0.1, -0.05) is 30.9 Å². The summed E-state index contributed by atoms with van der Waals surface area (Å²) in [6, 6.07) is 13.2. The van der Waals surface area contributed by atoms with Gasteiger partial charge >= 0.3 is 0 Å². The molecule has 0 bridgehead atoms. The van der Waals surface area contributed by atoms with Gasteiger partial charge in [0, 0.05) is 41.7 Å². The van der Waals surface area contributed by atoms with Crippen LogP contribution in [0.15, 0.2) is 61.2 Å². The molecule has 1 amide bonds. The van der Waals surface area contributed by atoms with E-state index >= 15 is 0 Å².